The van der Waals surface area contributed by atoms with Gasteiger partial charge in [-0.2, -0.15) is 0 Å². The van der Waals surface area contributed by atoms with E-state index in [1.54, 1.807) is 12.1 Å². The van der Waals surface area contributed by atoms with Crippen molar-refractivity contribution in [2.24, 2.45) is 7.05 Å². The van der Waals surface area contributed by atoms with Crippen molar-refractivity contribution in [2.75, 3.05) is 13.2 Å². The molecule has 0 spiro atoms. The lowest BCUT2D eigenvalue weighted by Crippen LogP contribution is -1.93. The lowest BCUT2D eigenvalue weighted by Gasteiger charge is -2.03. The second-order valence-corrected chi connectivity index (χ2v) is 4.22. The van der Waals surface area contributed by atoms with Crippen LogP contribution in [0.15, 0.2) is 30.5 Å². The van der Waals surface area contributed by atoms with Gasteiger partial charge in [0.15, 0.2) is 0 Å². The van der Waals surface area contributed by atoms with Crippen LogP contribution in [0.1, 0.15) is 12.5 Å². The molecule has 0 fully saturated rings. The summed E-state index contributed by atoms with van der Waals surface area (Å²) in [6.07, 6.45) is 5.63. The zero-order valence-electron chi connectivity index (χ0n) is 11.0. The smallest absolute Gasteiger partial charge is 0.270 e. The minimum atomic E-state index is -0.369. The summed E-state index contributed by atoms with van der Waals surface area (Å²) in [5.74, 6) is 0. The molecule has 19 heavy (non-hydrogen) atoms. The van der Waals surface area contributed by atoms with Crippen molar-refractivity contribution >= 4 is 22.7 Å². The Labute approximate surface area is 111 Å². The van der Waals surface area contributed by atoms with E-state index < -0.39 is 0 Å². The molecule has 1 aromatic heterocycles. The number of aromatic nitrogens is 1. The minimum Gasteiger partial charge on any atom is -0.378 e. The standard InChI is InChI=1S/C14H16N2O3/c1-3-19-8-4-5-11-9-13(16(17)18)10-12-6-7-15(2)14(11)12/h4-7,9-10H,3,8H2,1-2H3. The third kappa shape index (κ3) is 2.82. The number of hydrogen-bond acceptors (Lipinski definition) is 3. The monoisotopic (exact) mass is 260 g/mol. The fourth-order valence-electron chi connectivity index (χ4n) is 2.06. The van der Waals surface area contributed by atoms with E-state index in [0.717, 1.165) is 16.5 Å². The third-order valence-corrected chi connectivity index (χ3v) is 2.91. The Morgan fingerprint density at radius 1 is 1.47 bits per heavy atom. The lowest BCUT2D eigenvalue weighted by atomic mass is 10.1. The van der Waals surface area contributed by atoms with Crippen LogP contribution in [-0.2, 0) is 11.8 Å². The van der Waals surface area contributed by atoms with Crippen LogP contribution in [0.5, 0.6) is 0 Å². The average Bonchev–Trinajstić information content (AvgIpc) is 2.76. The number of nitro groups is 1. The molecule has 2 rings (SSSR count). The fraction of sp³-hybridized carbons (Fsp3) is 0.286. The van der Waals surface area contributed by atoms with Gasteiger partial charge in [0.05, 0.1) is 17.0 Å². The Balaban J connectivity index is 2.46. The molecule has 5 heteroatoms. The second-order valence-electron chi connectivity index (χ2n) is 4.22. The van der Waals surface area contributed by atoms with Gasteiger partial charge < -0.3 is 9.30 Å². The largest absolute Gasteiger partial charge is 0.378 e. The number of nitro benzene ring substituents is 1. The van der Waals surface area contributed by atoms with Gasteiger partial charge in [-0.1, -0.05) is 12.2 Å². The van der Waals surface area contributed by atoms with Crippen molar-refractivity contribution in [1.29, 1.82) is 0 Å². The SMILES string of the molecule is CCOCC=Cc1cc([N+](=O)[O-])cc2ccn(C)c12. The van der Waals surface area contributed by atoms with Crippen LogP contribution >= 0.6 is 0 Å². The number of benzene rings is 1. The molecule has 0 bridgehead atoms. The van der Waals surface area contributed by atoms with E-state index in [2.05, 4.69) is 0 Å². The van der Waals surface area contributed by atoms with Crippen LogP contribution in [0, 0.1) is 10.1 Å². The Morgan fingerprint density at radius 2 is 2.26 bits per heavy atom. The molecule has 0 saturated heterocycles. The fourth-order valence-corrected chi connectivity index (χ4v) is 2.06. The Hall–Kier alpha value is -2.14. The Morgan fingerprint density at radius 3 is 2.95 bits per heavy atom. The maximum Gasteiger partial charge on any atom is 0.270 e. The third-order valence-electron chi connectivity index (χ3n) is 2.91. The van der Waals surface area contributed by atoms with Crippen LogP contribution in [0.4, 0.5) is 5.69 Å². The molecule has 0 N–H and O–H groups in total. The van der Waals surface area contributed by atoms with Gasteiger partial charge in [0.25, 0.3) is 5.69 Å². The summed E-state index contributed by atoms with van der Waals surface area (Å²) in [6.45, 7) is 3.08. The van der Waals surface area contributed by atoms with E-state index in [-0.39, 0.29) is 10.6 Å². The molecule has 0 amide bonds. The molecule has 1 aromatic carbocycles. The maximum absolute atomic E-state index is 10.9. The lowest BCUT2D eigenvalue weighted by molar-refractivity contribution is -0.384. The summed E-state index contributed by atoms with van der Waals surface area (Å²) < 4.78 is 7.19. The number of ether oxygens (including phenoxy) is 1. The van der Waals surface area contributed by atoms with Crippen LogP contribution in [0.2, 0.25) is 0 Å². The highest BCUT2D eigenvalue weighted by Crippen LogP contribution is 2.26. The Bertz CT molecular complexity index is 629. The van der Waals surface area contributed by atoms with Crippen molar-refractivity contribution in [3.63, 3.8) is 0 Å². The topological polar surface area (TPSA) is 57.3 Å². The highest BCUT2D eigenvalue weighted by atomic mass is 16.6. The van der Waals surface area contributed by atoms with E-state index in [9.17, 15) is 10.1 Å². The summed E-state index contributed by atoms with van der Waals surface area (Å²) in [5, 5.41) is 11.8. The molecular formula is C14H16N2O3. The van der Waals surface area contributed by atoms with Gasteiger partial charge in [-0.15, -0.1) is 0 Å². The minimum absolute atomic E-state index is 0.106. The van der Waals surface area contributed by atoms with E-state index >= 15 is 0 Å². The molecule has 0 unspecified atom stereocenters. The quantitative estimate of drug-likeness (QED) is 0.471. The maximum atomic E-state index is 10.9. The Kier molecular flexibility index (Phi) is 3.97. The molecule has 0 saturated carbocycles. The van der Waals surface area contributed by atoms with E-state index in [1.165, 1.54) is 0 Å². The van der Waals surface area contributed by atoms with Crippen molar-refractivity contribution < 1.29 is 9.66 Å². The molecule has 100 valence electrons. The number of fused-ring (bicyclic) bond motifs is 1. The predicted octanol–water partition coefficient (Wildman–Crippen LogP) is 3.14. The molecule has 2 aromatic rings. The van der Waals surface area contributed by atoms with Gasteiger partial charge in [-0.05, 0) is 13.0 Å². The zero-order chi connectivity index (χ0) is 13.8. The van der Waals surface area contributed by atoms with Gasteiger partial charge in [0.2, 0.25) is 0 Å². The molecule has 0 atom stereocenters. The molecule has 0 aliphatic carbocycles. The first-order valence-corrected chi connectivity index (χ1v) is 6.11. The van der Waals surface area contributed by atoms with Gasteiger partial charge in [0.1, 0.15) is 0 Å². The van der Waals surface area contributed by atoms with Crippen molar-refractivity contribution in [2.45, 2.75) is 6.92 Å². The van der Waals surface area contributed by atoms with E-state index in [1.807, 2.05) is 43.0 Å². The molecule has 5 nitrogen and oxygen atoms in total. The van der Waals surface area contributed by atoms with Crippen LogP contribution in [-0.4, -0.2) is 22.7 Å². The van der Waals surface area contributed by atoms with Gasteiger partial charge in [-0.3, -0.25) is 10.1 Å². The molecule has 1 heterocycles. The first-order chi connectivity index (χ1) is 9.13. The normalized spacial score (nSPS) is 11.5. The highest BCUT2D eigenvalue weighted by molar-refractivity contribution is 5.90. The summed E-state index contributed by atoms with van der Waals surface area (Å²) in [7, 11) is 1.92. The van der Waals surface area contributed by atoms with E-state index in [4.69, 9.17) is 4.74 Å². The number of non-ortho nitro benzene ring substituents is 1. The summed E-state index contributed by atoms with van der Waals surface area (Å²) in [5.41, 5.74) is 1.92. The summed E-state index contributed by atoms with van der Waals surface area (Å²) >= 11 is 0. The number of hydrogen-bond donors (Lipinski definition) is 0. The molecule has 0 aliphatic heterocycles. The van der Waals surface area contributed by atoms with E-state index in [0.29, 0.717) is 13.2 Å². The molecule has 0 radical (unpaired) electrons. The summed E-state index contributed by atoms with van der Waals surface area (Å²) in [6, 6.07) is 5.06. The van der Waals surface area contributed by atoms with Crippen LogP contribution in [0.3, 0.4) is 0 Å². The highest BCUT2D eigenvalue weighted by Gasteiger charge is 2.12. The number of rotatable bonds is 5. The first-order valence-electron chi connectivity index (χ1n) is 6.11. The number of nitrogens with zero attached hydrogens (tertiary/aromatic N) is 2. The average molecular weight is 260 g/mol. The van der Waals surface area contributed by atoms with Crippen molar-refractivity contribution in [3.05, 3.63) is 46.1 Å². The first kappa shape index (κ1) is 13.3. The van der Waals surface area contributed by atoms with Crippen LogP contribution < -0.4 is 0 Å². The number of aryl methyl sites for hydroxylation is 1. The van der Waals surface area contributed by atoms with Crippen LogP contribution in [0.25, 0.3) is 17.0 Å². The van der Waals surface area contributed by atoms with Gasteiger partial charge in [0, 0.05) is 42.9 Å². The molecule has 0 aliphatic rings. The molecular weight excluding hydrogens is 244 g/mol. The second kappa shape index (κ2) is 5.67. The van der Waals surface area contributed by atoms with Crippen molar-refractivity contribution in [1.82, 2.24) is 4.57 Å². The van der Waals surface area contributed by atoms with Crippen molar-refractivity contribution in [3.8, 4) is 0 Å². The van der Waals surface area contributed by atoms with Gasteiger partial charge in [-0.25, -0.2) is 0 Å². The van der Waals surface area contributed by atoms with Gasteiger partial charge >= 0.3 is 0 Å². The zero-order valence-corrected chi connectivity index (χ0v) is 11.0. The summed E-state index contributed by atoms with van der Waals surface area (Å²) in [4.78, 5) is 10.6. The predicted molar refractivity (Wildman–Crippen MR) is 75.1 cm³/mol.